The van der Waals surface area contributed by atoms with Gasteiger partial charge in [-0.2, -0.15) is 0 Å². The van der Waals surface area contributed by atoms with Gasteiger partial charge < -0.3 is 20.6 Å². The van der Waals surface area contributed by atoms with Gasteiger partial charge in [-0.15, -0.1) is 0 Å². The van der Waals surface area contributed by atoms with Crippen molar-refractivity contribution < 1.29 is 9.90 Å². The number of anilines is 1. The van der Waals surface area contributed by atoms with Crippen LogP contribution >= 0.6 is 0 Å². The van der Waals surface area contributed by atoms with Crippen molar-refractivity contribution >= 4 is 11.8 Å². The first-order valence-electron chi connectivity index (χ1n) is 8.42. The van der Waals surface area contributed by atoms with Crippen LogP contribution in [0.4, 0.5) is 10.6 Å². The van der Waals surface area contributed by atoms with Gasteiger partial charge in [-0.1, -0.05) is 13.0 Å². The highest BCUT2D eigenvalue weighted by Crippen LogP contribution is 2.18. The van der Waals surface area contributed by atoms with Crippen LogP contribution in [0.15, 0.2) is 24.4 Å². The molecule has 128 valence electrons. The molecule has 1 unspecified atom stereocenters. The van der Waals surface area contributed by atoms with Gasteiger partial charge >= 0.3 is 6.03 Å². The summed E-state index contributed by atoms with van der Waals surface area (Å²) in [7, 11) is 0. The summed E-state index contributed by atoms with van der Waals surface area (Å²) in [6.45, 7) is 5.84. The number of hydrogen-bond acceptors (Lipinski definition) is 4. The predicted molar refractivity (Wildman–Crippen MR) is 91.5 cm³/mol. The third kappa shape index (κ3) is 5.10. The van der Waals surface area contributed by atoms with E-state index in [9.17, 15) is 4.79 Å². The molecule has 3 N–H and O–H groups in total. The first kappa shape index (κ1) is 17.5. The van der Waals surface area contributed by atoms with Gasteiger partial charge in [-0.3, -0.25) is 0 Å². The van der Waals surface area contributed by atoms with Gasteiger partial charge in [-0.05, 0) is 44.7 Å². The van der Waals surface area contributed by atoms with Crippen LogP contribution in [0.25, 0.3) is 0 Å². The summed E-state index contributed by atoms with van der Waals surface area (Å²) >= 11 is 0. The molecule has 1 aliphatic rings. The minimum absolute atomic E-state index is 0.0765. The third-order valence-electron chi connectivity index (χ3n) is 4.66. The summed E-state index contributed by atoms with van der Waals surface area (Å²) in [6.07, 6.45) is 4.98. The van der Waals surface area contributed by atoms with E-state index in [-0.39, 0.29) is 24.2 Å². The van der Waals surface area contributed by atoms with Crippen LogP contribution in [0.3, 0.4) is 0 Å². The average molecular weight is 320 g/mol. The Balaban J connectivity index is 1.79. The van der Waals surface area contributed by atoms with Gasteiger partial charge in [0.25, 0.3) is 0 Å². The molecule has 0 spiro atoms. The summed E-state index contributed by atoms with van der Waals surface area (Å²) in [5.74, 6) is 0.997. The Morgan fingerprint density at radius 2 is 2.17 bits per heavy atom. The molecule has 23 heavy (non-hydrogen) atoms. The molecule has 0 saturated carbocycles. The molecule has 6 heteroatoms. The number of urea groups is 1. The van der Waals surface area contributed by atoms with E-state index < -0.39 is 0 Å². The second-order valence-electron chi connectivity index (χ2n) is 6.44. The maximum atomic E-state index is 12.2. The largest absolute Gasteiger partial charge is 0.396 e. The molecule has 1 aromatic rings. The van der Waals surface area contributed by atoms with E-state index in [1.807, 2.05) is 32.0 Å². The fourth-order valence-corrected chi connectivity index (χ4v) is 2.86. The lowest BCUT2D eigenvalue weighted by atomic mass is 9.95. The van der Waals surface area contributed by atoms with Crippen LogP contribution in [0.5, 0.6) is 0 Å². The van der Waals surface area contributed by atoms with Crippen molar-refractivity contribution in [2.75, 3.05) is 24.6 Å². The van der Waals surface area contributed by atoms with E-state index in [2.05, 4.69) is 20.5 Å². The third-order valence-corrected chi connectivity index (χ3v) is 4.66. The lowest BCUT2D eigenvalue weighted by molar-refractivity contribution is 0.197. The van der Waals surface area contributed by atoms with Crippen LogP contribution in [0, 0.1) is 0 Å². The Labute approximate surface area is 138 Å². The molecule has 6 nitrogen and oxygen atoms in total. The summed E-state index contributed by atoms with van der Waals surface area (Å²) < 4.78 is 0. The summed E-state index contributed by atoms with van der Waals surface area (Å²) in [5, 5.41) is 15.2. The van der Waals surface area contributed by atoms with E-state index in [4.69, 9.17) is 5.11 Å². The van der Waals surface area contributed by atoms with E-state index in [0.29, 0.717) is 6.42 Å². The van der Waals surface area contributed by atoms with Gasteiger partial charge in [0.2, 0.25) is 0 Å². The second kappa shape index (κ2) is 8.15. The van der Waals surface area contributed by atoms with Crippen molar-refractivity contribution in [1.29, 1.82) is 0 Å². The number of pyridine rings is 1. The molecular formula is C17H28N4O2. The molecule has 2 heterocycles. The molecule has 1 saturated heterocycles. The fourth-order valence-electron chi connectivity index (χ4n) is 2.86. The topological polar surface area (TPSA) is 77.5 Å². The molecule has 0 aromatic carbocycles. The highest BCUT2D eigenvalue weighted by molar-refractivity contribution is 5.75. The molecule has 0 radical (unpaired) electrons. The summed E-state index contributed by atoms with van der Waals surface area (Å²) in [6, 6.07) is 5.97. The van der Waals surface area contributed by atoms with E-state index >= 15 is 0 Å². The van der Waals surface area contributed by atoms with Gasteiger partial charge in [-0.25, -0.2) is 9.78 Å². The Hall–Kier alpha value is -1.82. The van der Waals surface area contributed by atoms with E-state index in [1.165, 1.54) is 0 Å². The zero-order chi connectivity index (χ0) is 16.7. The first-order valence-corrected chi connectivity index (χ1v) is 8.42. The summed E-state index contributed by atoms with van der Waals surface area (Å²) in [4.78, 5) is 18.8. The molecule has 1 atom stereocenters. The number of aromatic nitrogens is 1. The van der Waals surface area contributed by atoms with Crippen molar-refractivity contribution in [3.63, 3.8) is 0 Å². The summed E-state index contributed by atoms with van der Waals surface area (Å²) in [5.41, 5.74) is -0.354. The number of carbonyl (C=O) groups excluding carboxylic acids is 1. The molecule has 1 aromatic heterocycles. The highest BCUT2D eigenvalue weighted by atomic mass is 16.3. The Morgan fingerprint density at radius 3 is 2.74 bits per heavy atom. The van der Waals surface area contributed by atoms with Crippen LogP contribution in [0.2, 0.25) is 0 Å². The average Bonchev–Trinajstić information content (AvgIpc) is 2.56. The van der Waals surface area contributed by atoms with Crippen LogP contribution in [0.1, 0.15) is 39.5 Å². The first-order chi connectivity index (χ1) is 11.1. The van der Waals surface area contributed by atoms with Crippen molar-refractivity contribution in [1.82, 2.24) is 15.6 Å². The number of rotatable bonds is 6. The Kier molecular flexibility index (Phi) is 6.21. The number of piperidine rings is 1. The van der Waals surface area contributed by atoms with Gasteiger partial charge in [0.1, 0.15) is 5.82 Å². The van der Waals surface area contributed by atoms with E-state index in [0.717, 1.165) is 38.2 Å². The van der Waals surface area contributed by atoms with Gasteiger partial charge in [0.15, 0.2) is 0 Å². The van der Waals surface area contributed by atoms with Crippen LogP contribution in [-0.2, 0) is 0 Å². The lowest BCUT2D eigenvalue weighted by Crippen LogP contribution is -2.54. The van der Waals surface area contributed by atoms with Crippen LogP contribution in [-0.4, -0.2) is 47.4 Å². The maximum Gasteiger partial charge on any atom is 0.315 e. The number of nitrogens with one attached hydrogen (secondary N) is 2. The fraction of sp³-hybridized carbons (Fsp3) is 0.647. The molecular weight excluding hydrogens is 292 g/mol. The monoisotopic (exact) mass is 320 g/mol. The van der Waals surface area contributed by atoms with E-state index in [1.54, 1.807) is 6.20 Å². The molecule has 2 rings (SSSR count). The standard InChI is InChI=1S/C17H28N4O2/c1-3-17(2,9-13-22)20-16(23)19-14-7-11-21(12-8-14)15-6-4-5-10-18-15/h4-6,10,14,22H,3,7-9,11-13H2,1-2H3,(H2,19,20,23). The number of aliphatic hydroxyl groups excluding tert-OH is 1. The smallest absolute Gasteiger partial charge is 0.315 e. The lowest BCUT2D eigenvalue weighted by Gasteiger charge is -2.34. The molecule has 1 aliphatic heterocycles. The predicted octanol–water partition coefficient (Wildman–Crippen LogP) is 1.90. The Morgan fingerprint density at radius 1 is 1.43 bits per heavy atom. The number of nitrogens with zero attached hydrogens (tertiary/aromatic N) is 2. The number of carbonyl (C=O) groups is 1. The van der Waals surface area contributed by atoms with Crippen molar-refractivity contribution in [3.05, 3.63) is 24.4 Å². The van der Waals surface area contributed by atoms with Gasteiger partial charge in [0, 0.05) is 37.5 Å². The maximum absolute atomic E-state index is 12.2. The molecule has 2 amide bonds. The number of hydrogen-bond donors (Lipinski definition) is 3. The number of amides is 2. The zero-order valence-corrected chi connectivity index (χ0v) is 14.1. The molecule has 1 fully saturated rings. The minimum Gasteiger partial charge on any atom is -0.396 e. The zero-order valence-electron chi connectivity index (χ0n) is 14.1. The quantitative estimate of drug-likeness (QED) is 0.748. The SMILES string of the molecule is CCC(C)(CCO)NC(=O)NC1CCN(c2ccccn2)CC1. The van der Waals surface area contributed by atoms with Gasteiger partial charge in [0.05, 0.1) is 0 Å². The van der Waals surface area contributed by atoms with Crippen molar-refractivity contribution in [3.8, 4) is 0 Å². The molecule has 0 bridgehead atoms. The van der Waals surface area contributed by atoms with Crippen molar-refractivity contribution in [2.45, 2.75) is 51.1 Å². The Bertz CT molecular complexity index is 489. The minimum atomic E-state index is -0.354. The number of aliphatic hydroxyl groups is 1. The normalized spacial score (nSPS) is 18.3. The van der Waals surface area contributed by atoms with Crippen molar-refractivity contribution in [2.24, 2.45) is 0 Å². The van der Waals surface area contributed by atoms with Crippen LogP contribution < -0.4 is 15.5 Å². The highest BCUT2D eigenvalue weighted by Gasteiger charge is 2.26. The second-order valence-corrected chi connectivity index (χ2v) is 6.44. The molecule has 0 aliphatic carbocycles.